The number of rotatable bonds is 4. The van der Waals surface area contributed by atoms with Crippen LogP contribution in [0.25, 0.3) is 0 Å². The molecule has 2 atom stereocenters. The van der Waals surface area contributed by atoms with Gasteiger partial charge in [-0.1, -0.05) is 0 Å². The number of aromatic nitrogens is 2. The van der Waals surface area contributed by atoms with E-state index in [9.17, 15) is 0 Å². The van der Waals surface area contributed by atoms with Crippen LogP contribution in [0.1, 0.15) is 32.4 Å². The number of anilines is 1. The van der Waals surface area contributed by atoms with Crippen LogP contribution in [0.4, 0.5) is 5.82 Å². The molecule has 2 heterocycles. The van der Waals surface area contributed by atoms with Crippen molar-refractivity contribution in [3.63, 3.8) is 0 Å². The normalized spacial score (nSPS) is 27.6. The number of hydrogen-bond donors (Lipinski definition) is 1. The molecule has 104 valence electrons. The summed E-state index contributed by atoms with van der Waals surface area (Å²) in [4.78, 5) is 11.3. The Morgan fingerprint density at radius 2 is 1.95 bits per heavy atom. The maximum absolute atomic E-state index is 5.73. The third-order valence-electron chi connectivity index (χ3n) is 3.58. The van der Waals surface area contributed by atoms with E-state index in [4.69, 9.17) is 4.74 Å². The third-order valence-corrected chi connectivity index (χ3v) is 3.58. The molecule has 1 aromatic heterocycles. The summed E-state index contributed by atoms with van der Waals surface area (Å²) in [6.45, 7) is 6.80. The predicted octanol–water partition coefficient (Wildman–Crippen LogP) is 1.34. The van der Waals surface area contributed by atoms with Gasteiger partial charge in [0, 0.05) is 25.7 Å². The van der Waals surface area contributed by atoms with Crippen LogP contribution >= 0.6 is 0 Å². The van der Waals surface area contributed by atoms with Gasteiger partial charge in [0.25, 0.3) is 0 Å². The van der Waals surface area contributed by atoms with Gasteiger partial charge < -0.3 is 15.0 Å². The van der Waals surface area contributed by atoms with Crippen molar-refractivity contribution >= 4 is 5.82 Å². The molecule has 19 heavy (non-hydrogen) atoms. The zero-order valence-electron chi connectivity index (χ0n) is 11.7. The minimum absolute atomic E-state index is 0.252. The van der Waals surface area contributed by atoms with Crippen LogP contribution in [-0.2, 0) is 11.3 Å². The fourth-order valence-corrected chi connectivity index (χ4v) is 2.50. The van der Waals surface area contributed by atoms with Gasteiger partial charge in [-0.3, -0.25) is 4.98 Å². The molecule has 5 heteroatoms. The number of hydrogen-bond acceptors (Lipinski definition) is 5. The van der Waals surface area contributed by atoms with E-state index in [2.05, 4.69) is 34.0 Å². The van der Waals surface area contributed by atoms with Crippen molar-refractivity contribution in [2.24, 2.45) is 0 Å². The van der Waals surface area contributed by atoms with Gasteiger partial charge in [-0.05, 0) is 26.7 Å². The lowest BCUT2D eigenvalue weighted by Gasteiger charge is -2.35. The number of morpholine rings is 1. The van der Waals surface area contributed by atoms with Crippen molar-refractivity contribution in [1.82, 2.24) is 15.3 Å². The Hall–Kier alpha value is -1.20. The lowest BCUT2D eigenvalue weighted by Crippen LogP contribution is -2.45. The van der Waals surface area contributed by atoms with Crippen molar-refractivity contribution in [3.8, 4) is 0 Å². The van der Waals surface area contributed by atoms with Crippen LogP contribution < -0.4 is 10.2 Å². The van der Waals surface area contributed by atoms with Gasteiger partial charge in [-0.15, -0.1) is 0 Å². The van der Waals surface area contributed by atoms with Gasteiger partial charge in [-0.25, -0.2) is 4.98 Å². The Kier molecular flexibility index (Phi) is 3.66. The highest BCUT2D eigenvalue weighted by atomic mass is 16.5. The molecule has 1 aliphatic heterocycles. The van der Waals surface area contributed by atoms with Crippen molar-refractivity contribution in [1.29, 1.82) is 0 Å². The molecule has 0 bridgehead atoms. The summed E-state index contributed by atoms with van der Waals surface area (Å²) in [5.74, 6) is 0.956. The van der Waals surface area contributed by atoms with Crippen molar-refractivity contribution in [3.05, 3.63) is 18.1 Å². The van der Waals surface area contributed by atoms with Gasteiger partial charge in [0.05, 0.1) is 30.3 Å². The Labute approximate surface area is 114 Å². The molecule has 0 radical (unpaired) electrons. The Morgan fingerprint density at radius 3 is 2.53 bits per heavy atom. The first-order chi connectivity index (χ1) is 9.20. The first-order valence-electron chi connectivity index (χ1n) is 7.15. The molecule has 0 aromatic carbocycles. The quantitative estimate of drug-likeness (QED) is 0.887. The second-order valence-corrected chi connectivity index (χ2v) is 5.68. The average Bonchev–Trinajstić information content (AvgIpc) is 3.20. The molecule has 2 aliphatic rings. The van der Waals surface area contributed by atoms with Crippen molar-refractivity contribution in [2.45, 2.75) is 51.5 Å². The molecule has 0 unspecified atom stereocenters. The molecule has 0 amide bonds. The van der Waals surface area contributed by atoms with E-state index in [1.807, 2.05) is 12.4 Å². The Balaban J connectivity index is 1.60. The average molecular weight is 262 g/mol. The van der Waals surface area contributed by atoms with Crippen LogP contribution in [0.15, 0.2) is 12.4 Å². The summed E-state index contributed by atoms with van der Waals surface area (Å²) in [5.41, 5.74) is 1.02. The van der Waals surface area contributed by atoms with E-state index >= 15 is 0 Å². The van der Waals surface area contributed by atoms with Crippen LogP contribution in [0.2, 0.25) is 0 Å². The van der Waals surface area contributed by atoms with Crippen molar-refractivity contribution < 1.29 is 4.74 Å². The predicted molar refractivity (Wildman–Crippen MR) is 74.1 cm³/mol. The van der Waals surface area contributed by atoms with E-state index in [1.54, 1.807) is 0 Å². The summed E-state index contributed by atoms with van der Waals surface area (Å²) >= 11 is 0. The summed E-state index contributed by atoms with van der Waals surface area (Å²) in [5, 5.41) is 3.45. The van der Waals surface area contributed by atoms with Gasteiger partial charge in [0.2, 0.25) is 0 Å². The zero-order valence-corrected chi connectivity index (χ0v) is 11.7. The maximum Gasteiger partial charge on any atom is 0.147 e. The Bertz CT molecular complexity index is 408. The molecule has 1 aromatic rings. The summed E-state index contributed by atoms with van der Waals surface area (Å²) < 4.78 is 5.73. The van der Waals surface area contributed by atoms with Crippen LogP contribution in [0.3, 0.4) is 0 Å². The van der Waals surface area contributed by atoms with E-state index in [1.165, 1.54) is 12.8 Å². The monoisotopic (exact) mass is 262 g/mol. The maximum atomic E-state index is 5.73. The van der Waals surface area contributed by atoms with Gasteiger partial charge in [0.15, 0.2) is 0 Å². The molecule has 2 fully saturated rings. The lowest BCUT2D eigenvalue weighted by molar-refractivity contribution is -0.00547. The highest BCUT2D eigenvalue weighted by Crippen LogP contribution is 2.20. The van der Waals surface area contributed by atoms with E-state index in [0.29, 0.717) is 6.04 Å². The fourth-order valence-electron chi connectivity index (χ4n) is 2.50. The largest absolute Gasteiger partial charge is 0.372 e. The minimum atomic E-state index is 0.252. The van der Waals surface area contributed by atoms with E-state index < -0.39 is 0 Å². The number of nitrogens with one attached hydrogen (secondary N) is 1. The Morgan fingerprint density at radius 1 is 1.21 bits per heavy atom. The molecule has 5 nitrogen and oxygen atoms in total. The van der Waals surface area contributed by atoms with Gasteiger partial charge >= 0.3 is 0 Å². The first kappa shape index (κ1) is 12.8. The minimum Gasteiger partial charge on any atom is -0.372 e. The molecule has 1 aliphatic carbocycles. The molecule has 3 rings (SSSR count). The molecule has 1 saturated heterocycles. The molecule has 1 saturated carbocycles. The number of ether oxygens (including phenoxy) is 1. The molecule has 1 N–H and O–H groups in total. The van der Waals surface area contributed by atoms with E-state index in [-0.39, 0.29) is 12.2 Å². The smallest absolute Gasteiger partial charge is 0.147 e. The molecule has 0 spiro atoms. The molecular formula is C14H22N4O. The highest BCUT2D eigenvalue weighted by Gasteiger charge is 2.23. The topological polar surface area (TPSA) is 50.3 Å². The lowest BCUT2D eigenvalue weighted by atomic mass is 10.2. The zero-order chi connectivity index (χ0) is 13.2. The van der Waals surface area contributed by atoms with E-state index in [0.717, 1.165) is 31.1 Å². The van der Waals surface area contributed by atoms with Gasteiger partial charge in [-0.2, -0.15) is 0 Å². The highest BCUT2D eigenvalue weighted by molar-refractivity contribution is 5.36. The summed E-state index contributed by atoms with van der Waals surface area (Å²) in [6.07, 6.45) is 6.87. The number of nitrogens with zero attached hydrogens (tertiary/aromatic N) is 3. The standard InChI is InChI=1S/C14H22N4O/c1-10-8-18(9-11(2)19-10)14-7-16-13(6-17-14)5-15-12-3-4-12/h6-7,10-12,15H,3-5,8-9H2,1-2H3/t10-,11+. The van der Waals surface area contributed by atoms with Crippen LogP contribution in [0.5, 0.6) is 0 Å². The second kappa shape index (κ2) is 5.43. The summed E-state index contributed by atoms with van der Waals surface area (Å²) in [6, 6.07) is 0.711. The van der Waals surface area contributed by atoms with Crippen LogP contribution in [-0.4, -0.2) is 41.3 Å². The SMILES string of the molecule is C[C@@H]1CN(c2cnc(CNC3CC3)cn2)C[C@H](C)O1. The summed E-state index contributed by atoms with van der Waals surface area (Å²) in [7, 11) is 0. The van der Waals surface area contributed by atoms with Crippen molar-refractivity contribution in [2.75, 3.05) is 18.0 Å². The first-order valence-corrected chi connectivity index (χ1v) is 7.15. The fraction of sp³-hybridized carbons (Fsp3) is 0.714. The second-order valence-electron chi connectivity index (χ2n) is 5.68. The van der Waals surface area contributed by atoms with Gasteiger partial charge in [0.1, 0.15) is 5.82 Å². The van der Waals surface area contributed by atoms with Crippen LogP contribution in [0, 0.1) is 0 Å². The third kappa shape index (κ3) is 3.42. The molecular weight excluding hydrogens is 240 g/mol.